The van der Waals surface area contributed by atoms with E-state index in [1.807, 2.05) is 35.9 Å². The van der Waals surface area contributed by atoms with E-state index in [-0.39, 0.29) is 0 Å². The van der Waals surface area contributed by atoms with Crippen LogP contribution in [-0.2, 0) is 6.54 Å². The number of nitrogens with one attached hydrogen (secondary N) is 2. The maximum Gasteiger partial charge on any atom is 0.159 e. The lowest BCUT2D eigenvalue weighted by atomic mass is 10.2. The molecule has 0 saturated heterocycles. The number of nitrogens with two attached hydrogens (primary N) is 1. The number of benzene rings is 1. The number of rotatable bonds is 7. The Bertz CT molecular complexity index is 833. The second kappa shape index (κ2) is 7.85. The van der Waals surface area contributed by atoms with Gasteiger partial charge in [0, 0.05) is 36.2 Å². The number of anilines is 4. The van der Waals surface area contributed by atoms with Gasteiger partial charge in [0.05, 0.1) is 6.33 Å². The molecule has 0 bridgehead atoms. The number of hydrogen-bond donors (Lipinski definition) is 3. The molecule has 0 amide bonds. The molecular weight excluding hydrogens is 338 g/mol. The van der Waals surface area contributed by atoms with E-state index in [1.54, 1.807) is 12.5 Å². The van der Waals surface area contributed by atoms with Gasteiger partial charge in [-0.05, 0) is 37.1 Å². The molecule has 2 aromatic heterocycles. The van der Waals surface area contributed by atoms with Crippen molar-refractivity contribution in [2.75, 3.05) is 22.9 Å². The van der Waals surface area contributed by atoms with Crippen LogP contribution >= 0.6 is 11.6 Å². The molecule has 4 N–H and O–H groups in total. The lowest BCUT2D eigenvalue weighted by Gasteiger charge is -2.14. The van der Waals surface area contributed by atoms with Crippen molar-refractivity contribution >= 4 is 34.6 Å². The van der Waals surface area contributed by atoms with Gasteiger partial charge >= 0.3 is 0 Å². The largest absolute Gasteiger partial charge is 0.393 e. The zero-order chi connectivity index (χ0) is 17.6. The first-order chi connectivity index (χ1) is 12.1. The number of halogens is 1. The van der Waals surface area contributed by atoms with Gasteiger partial charge < -0.3 is 20.9 Å². The molecule has 1 aromatic carbocycles. The Morgan fingerprint density at radius 2 is 2.08 bits per heavy atom. The zero-order valence-corrected chi connectivity index (χ0v) is 14.7. The lowest BCUT2D eigenvalue weighted by molar-refractivity contribution is 0.660. The van der Waals surface area contributed by atoms with Gasteiger partial charge in [-0.15, -0.1) is 0 Å². The summed E-state index contributed by atoms with van der Waals surface area (Å²) in [5.74, 6) is 1.19. The summed E-state index contributed by atoms with van der Waals surface area (Å²) in [5, 5.41) is 7.18. The molecule has 0 aliphatic heterocycles. The molecule has 130 valence electrons. The third-order valence-corrected chi connectivity index (χ3v) is 4.01. The van der Waals surface area contributed by atoms with E-state index in [0.29, 0.717) is 22.3 Å². The average Bonchev–Trinajstić information content (AvgIpc) is 3.10. The molecule has 0 fully saturated rings. The van der Waals surface area contributed by atoms with Gasteiger partial charge in [0.1, 0.15) is 12.0 Å². The minimum Gasteiger partial charge on any atom is -0.393 e. The molecule has 25 heavy (non-hydrogen) atoms. The van der Waals surface area contributed by atoms with Gasteiger partial charge in [-0.1, -0.05) is 11.6 Å². The molecule has 8 heteroatoms. The summed E-state index contributed by atoms with van der Waals surface area (Å²) in [6.45, 7) is 3.60. The van der Waals surface area contributed by atoms with Crippen molar-refractivity contribution in [3.8, 4) is 0 Å². The Morgan fingerprint density at radius 1 is 1.24 bits per heavy atom. The van der Waals surface area contributed by atoms with Gasteiger partial charge in [0.2, 0.25) is 0 Å². The SMILES string of the molecule is Cc1cc(Cl)ccc1Nc1ncnc(NCCCn2ccnc2)c1N. The molecule has 0 saturated carbocycles. The number of nitrogens with zero attached hydrogens (tertiary/aromatic N) is 4. The van der Waals surface area contributed by atoms with Gasteiger partial charge in [-0.3, -0.25) is 0 Å². The van der Waals surface area contributed by atoms with E-state index >= 15 is 0 Å². The second-order valence-corrected chi connectivity index (χ2v) is 6.09. The predicted octanol–water partition coefficient (Wildman–Crippen LogP) is 3.46. The molecular formula is C17H20ClN7. The van der Waals surface area contributed by atoms with Crippen LogP contribution in [0.4, 0.5) is 23.0 Å². The van der Waals surface area contributed by atoms with E-state index in [4.69, 9.17) is 17.3 Å². The van der Waals surface area contributed by atoms with E-state index in [2.05, 4.69) is 25.6 Å². The van der Waals surface area contributed by atoms with Gasteiger partial charge in [-0.2, -0.15) is 0 Å². The van der Waals surface area contributed by atoms with Crippen molar-refractivity contribution in [3.05, 3.63) is 53.8 Å². The normalized spacial score (nSPS) is 10.6. The maximum absolute atomic E-state index is 6.20. The van der Waals surface area contributed by atoms with Crippen molar-refractivity contribution in [1.29, 1.82) is 0 Å². The smallest absolute Gasteiger partial charge is 0.159 e. The Morgan fingerprint density at radius 3 is 2.84 bits per heavy atom. The summed E-state index contributed by atoms with van der Waals surface area (Å²) in [5.41, 5.74) is 8.60. The van der Waals surface area contributed by atoms with Crippen LogP contribution in [0.1, 0.15) is 12.0 Å². The minimum atomic E-state index is 0.486. The molecule has 3 aromatic rings. The average molecular weight is 358 g/mol. The summed E-state index contributed by atoms with van der Waals surface area (Å²) in [6, 6.07) is 5.61. The summed E-state index contributed by atoms with van der Waals surface area (Å²) in [6.07, 6.45) is 7.93. The van der Waals surface area contributed by atoms with Gasteiger partial charge in [-0.25, -0.2) is 15.0 Å². The Hall–Kier alpha value is -2.80. The van der Waals surface area contributed by atoms with Crippen LogP contribution < -0.4 is 16.4 Å². The number of hydrogen-bond acceptors (Lipinski definition) is 6. The molecule has 3 rings (SSSR count). The van der Waals surface area contributed by atoms with Crippen LogP contribution in [0.25, 0.3) is 0 Å². The van der Waals surface area contributed by atoms with Crippen LogP contribution in [0.15, 0.2) is 43.2 Å². The summed E-state index contributed by atoms with van der Waals surface area (Å²) in [4.78, 5) is 12.5. The number of aromatic nitrogens is 4. The van der Waals surface area contributed by atoms with Crippen LogP contribution in [-0.4, -0.2) is 26.1 Å². The highest BCUT2D eigenvalue weighted by Gasteiger charge is 2.09. The topological polar surface area (TPSA) is 93.7 Å². The van der Waals surface area contributed by atoms with Crippen molar-refractivity contribution in [2.24, 2.45) is 0 Å². The zero-order valence-electron chi connectivity index (χ0n) is 13.9. The summed E-state index contributed by atoms with van der Waals surface area (Å²) < 4.78 is 2.03. The predicted molar refractivity (Wildman–Crippen MR) is 101 cm³/mol. The van der Waals surface area contributed by atoms with Crippen molar-refractivity contribution in [2.45, 2.75) is 19.9 Å². The third kappa shape index (κ3) is 4.39. The first kappa shape index (κ1) is 17.0. The fourth-order valence-electron chi connectivity index (χ4n) is 2.42. The molecule has 0 aliphatic rings. The van der Waals surface area contributed by atoms with E-state index < -0.39 is 0 Å². The Labute approximate surface area is 151 Å². The van der Waals surface area contributed by atoms with E-state index in [0.717, 1.165) is 30.8 Å². The first-order valence-electron chi connectivity index (χ1n) is 7.97. The molecule has 7 nitrogen and oxygen atoms in total. The molecule has 2 heterocycles. The fraction of sp³-hybridized carbons (Fsp3) is 0.235. The van der Waals surface area contributed by atoms with Gasteiger partial charge in [0.25, 0.3) is 0 Å². The Balaban J connectivity index is 1.63. The number of aryl methyl sites for hydroxylation is 2. The molecule has 0 aliphatic carbocycles. The second-order valence-electron chi connectivity index (χ2n) is 5.65. The molecule has 0 radical (unpaired) electrons. The fourth-order valence-corrected chi connectivity index (χ4v) is 2.65. The van der Waals surface area contributed by atoms with Crippen LogP contribution in [0.5, 0.6) is 0 Å². The number of imidazole rings is 1. The summed E-state index contributed by atoms with van der Waals surface area (Å²) in [7, 11) is 0. The Kier molecular flexibility index (Phi) is 5.35. The first-order valence-corrected chi connectivity index (χ1v) is 8.34. The lowest BCUT2D eigenvalue weighted by Crippen LogP contribution is -2.11. The minimum absolute atomic E-state index is 0.486. The highest BCUT2D eigenvalue weighted by molar-refractivity contribution is 6.30. The molecule has 0 spiro atoms. The summed E-state index contributed by atoms with van der Waals surface area (Å²) >= 11 is 5.99. The molecule has 0 atom stereocenters. The standard InChI is InChI=1S/C17H20ClN7/c1-12-9-13(18)3-4-14(12)24-17-15(19)16(22-10-23-17)21-5-2-7-25-8-6-20-11-25/h3-4,6,8-11H,2,5,7,19H2,1H3,(H2,21,22,23,24). The maximum atomic E-state index is 6.20. The highest BCUT2D eigenvalue weighted by atomic mass is 35.5. The van der Waals surface area contributed by atoms with Crippen molar-refractivity contribution in [3.63, 3.8) is 0 Å². The van der Waals surface area contributed by atoms with Crippen molar-refractivity contribution in [1.82, 2.24) is 19.5 Å². The van der Waals surface area contributed by atoms with Gasteiger partial charge in [0.15, 0.2) is 11.6 Å². The highest BCUT2D eigenvalue weighted by Crippen LogP contribution is 2.28. The van der Waals surface area contributed by atoms with Crippen molar-refractivity contribution < 1.29 is 0 Å². The van der Waals surface area contributed by atoms with Crippen LogP contribution in [0.2, 0.25) is 5.02 Å². The van der Waals surface area contributed by atoms with Crippen LogP contribution in [0, 0.1) is 6.92 Å². The number of nitrogen functional groups attached to an aromatic ring is 1. The van der Waals surface area contributed by atoms with E-state index in [1.165, 1.54) is 6.33 Å². The molecule has 0 unspecified atom stereocenters. The monoisotopic (exact) mass is 357 g/mol. The van der Waals surface area contributed by atoms with Crippen LogP contribution in [0.3, 0.4) is 0 Å². The third-order valence-electron chi connectivity index (χ3n) is 3.77. The van der Waals surface area contributed by atoms with E-state index in [9.17, 15) is 0 Å². The quantitative estimate of drug-likeness (QED) is 0.560.